The number of hydrogen-bond acceptors (Lipinski definition) is 1. The maximum absolute atomic E-state index is 14.0. The van der Waals surface area contributed by atoms with Gasteiger partial charge in [-0.3, -0.25) is 0 Å². The summed E-state index contributed by atoms with van der Waals surface area (Å²) in [4.78, 5) is 0. The second-order valence-corrected chi connectivity index (χ2v) is 6.33. The lowest BCUT2D eigenvalue weighted by Crippen LogP contribution is -2.22. The van der Waals surface area contributed by atoms with E-state index in [-0.39, 0.29) is 17.8 Å². The average Bonchev–Trinajstić information content (AvgIpc) is 2.40. The van der Waals surface area contributed by atoms with Crippen molar-refractivity contribution in [3.05, 3.63) is 67.9 Å². The van der Waals surface area contributed by atoms with Gasteiger partial charge in [0.05, 0.1) is 0 Å². The summed E-state index contributed by atoms with van der Waals surface area (Å²) in [5, 5.41) is 2.88. The van der Waals surface area contributed by atoms with Crippen molar-refractivity contribution in [3.8, 4) is 0 Å². The minimum absolute atomic E-state index is 0.0585. The van der Waals surface area contributed by atoms with Gasteiger partial charge in [-0.15, -0.1) is 0 Å². The summed E-state index contributed by atoms with van der Waals surface area (Å²) >= 11 is 6.37. The summed E-state index contributed by atoms with van der Waals surface area (Å²) in [5.74, 6) is -1.68. The van der Waals surface area contributed by atoms with Gasteiger partial charge in [-0.05, 0) is 49.4 Å². The van der Waals surface area contributed by atoms with Gasteiger partial charge in [0.2, 0.25) is 0 Å². The molecule has 0 spiro atoms. The van der Waals surface area contributed by atoms with E-state index in [0.29, 0.717) is 14.5 Å². The highest BCUT2D eigenvalue weighted by atomic mass is 79.9. The van der Waals surface area contributed by atoms with Gasteiger partial charge in [-0.2, -0.15) is 0 Å². The second kappa shape index (κ2) is 6.94. The van der Waals surface area contributed by atoms with Gasteiger partial charge < -0.3 is 5.32 Å². The van der Waals surface area contributed by atoms with E-state index in [1.54, 1.807) is 13.1 Å². The molecule has 0 saturated heterocycles. The normalized spacial score (nSPS) is 12.5. The molecule has 0 aliphatic heterocycles. The van der Waals surface area contributed by atoms with Gasteiger partial charge in [0.15, 0.2) is 0 Å². The maximum atomic E-state index is 14.0. The molecule has 0 fully saturated rings. The zero-order valence-corrected chi connectivity index (χ0v) is 14.2. The van der Waals surface area contributed by atoms with Gasteiger partial charge >= 0.3 is 0 Å². The van der Waals surface area contributed by atoms with Crippen molar-refractivity contribution >= 4 is 31.9 Å². The molecular weight excluding hydrogens is 411 g/mol. The first-order valence-corrected chi connectivity index (χ1v) is 7.76. The molecule has 0 amide bonds. The van der Waals surface area contributed by atoms with Crippen LogP contribution in [0.4, 0.5) is 13.2 Å². The fraction of sp³-hybridized carbons (Fsp3) is 0.200. The first kappa shape index (κ1) is 16.5. The Labute approximate surface area is 137 Å². The fourth-order valence-electron chi connectivity index (χ4n) is 2.15. The molecular formula is C15H12Br2F3N. The first-order chi connectivity index (χ1) is 9.92. The van der Waals surface area contributed by atoms with Crippen LogP contribution in [0, 0.1) is 17.5 Å². The lowest BCUT2D eigenvalue weighted by Gasteiger charge is -2.19. The van der Waals surface area contributed by atoms with Crippen molar-refractivity contribution in [1.82, 2.24) is 5.32 Å². The van der Waals surface area contributed by atoms with Crippen LogP contribution in [0.15, 0.2) is 39.3 Å². The summed E-state index contributed by atoms with van der Waals surface area (Å²) in [6, 6.07) is 6.07. The highest BCUT2D eigenvalue weighted by molar-refractivity contribution is 9.10. The fourth-order valence-corrected chi connectivity index (χ4v) is 2.96. The van der Waals surface area contributed by atoms with Crippen molar-refractivity contribution in [2.24, 2.45) is 0 Å². The Balaban J connectivity index is 2.39. The predicted molar refractivity (Wildman–Crippen MR) is 83.7 cm³/mol. The van der Waals surface area contributed by atoms with Crippen LogP contribution in [-0.4, -0.2) is 7.05 Å². The Kier molecular flexibility index (Phi) is 5.46. The molecule has 1 unspecified atom stereocenters. The van der Waals surface area contributed by atoms with Gasteiger partial charge in [0.1, 0.15) is 17.5 Å². The lowest BCUT2D eigenvalue weighted by molar-refractivity contribution is 0.487. The second-order valence-electron chi connectivity index (χ2n) is 4.56. The van der Waals surface area contributed by atoms with Crippen molar-refractivity contribution in [1.29, 1.82) is 0 Å². The van der Waals surface area contributed by atoms with E-state index >= 15 is 0 Å². The van der Waals surface area contributed by atoms with E-state index in [0.717, 1.165) is 0 Å². The molecule has 112 valence electrons. The van der Waals surface area contributed by atoms with E-state index in [1.165, 1.54) is 24.3 Å². The largest absolute Gasteiger partial charge is 0.313 e. The zero-order valence-electron chi connectivity index (χ0n) is 11.1. The summed E-state index contributed by atoms with van der Waals surface area (Å²) in [7, 11) is 1.61. The molecule has 0 saturated carbocycles. The monoisotopic (exact) mass is 421 g/mol. The van der Waals surface area contributed by atoms with E-state index in [2.05, 4.69) is 37.2 Å². The number of rotatable bonds is 4. The van der Waals surface area contributed by atoms with Crippen LogP contribution in [0.1, 0.15) is 17.2 Å². The molecule has 0 radical (unpaired) electrons. The van der Waals surface area contributed by atoms with Crippen molar-refractivity contribution < 1.29 is 13.2 Å². The molecule has 1 nitrogen and oxygen atoms in total. The van der Waals surface area contributed by atoms with Gasteiger partial charge in [-0.1, -0.05) is 31.9 Å². The minimum Gasteiger partial charge on any atom is -0.313 e. The van der Waals surface area contributed by atoms with Crippen molar-refractivity contribution in [3.63, 3.8) is 0 Å². The summed E-state index contributed by atoms with van der Waals surface area (Å²) in [6.07, 6.45) is 0.254. The van der Waals surface area contributed by atoms with Crippen LogP contribution < -0.4 is 5.32 Å². The molecule has 6 heteroatoms. The lowest BCUT2D eigenvalue weighted by atomic mass is 9.98. The zero-order chi connectivity index (χ0) is 15.6. The van der Waals surface area contributed by atoms with Crippen molar-refractivity contribution in [2.45, 2.75) is 12.5 Å². The molecule has 0 aromatic heterocycles. The minimum atomic E-state index is -0.645. The summed E-state index contributed by atoms with van der Waals surface area (Å²) < 4.78 is 42.4. The van der Waals surface area contributed by atoms with Crippen LogP contribution in [0.25, 0.3) is 0 Å². The molecule has 21 heavy (non-hydrogen) atoms. The Morgan fingerprint density at radius 1 is 1.05 bits per heavy atom. The smallest absolute Gasteiger partial charge is 0.132 e. The number of benzene rings is 2. The Bertz CT molecular complexity index is 638. The third-order valence-corrected chi connectivity index (χ3v) is 4.40. The van der Waals surface area contributed by atoms with Crippen LogP contribution in [0.2, 0.25) is 0 Å². The van der Waals surface area contributed by atoms with Gasteiger partial charge in [0.25, 0.3) is 0 Å². The van der Waals surface area contributed by atoms with E-state index in [4.69, 9.17) is 0 Å². The van der Waals surface area contributed by atoms with E-state index in [1.807, 2.05) is 0 Å². The van der Waals surface area contributed by atoms with Crippen LogP contribution >= 0.6 is 31.9 Å². The summed E-state index contributed by atoms with van der Waals surface area (Å²) in [6.45, 7) is 0. The number of nitrogens with one attached hydrogen (secondary N) is 1. The topological polar surface area (TPSA) is 12.0 Å². The molecule has 0 aliphatic rings. The van der Waals surface area contributed by atoms with Crippen LogP contribution in [0.3, 0.4) is 0 Å². The Hall–Kier alpha value is -0.850. The predicted octanol–water partition coefficient (Wildman–Crippen LogP) is 5.13. The molecule has 2 rings (SSSR count). The Morgan fingerprint density at radius 2 is 1.67 bits per heavy atom. The van der Waals surface area contributed by atoms with Gasteiger partial charge in [-0.25, -0.2) is 13.2 Å². The average molecular weight is 423 g/mol. The SMILES string of the molecule is CNC(Cc1cc(F)ccc1Br)c1c(F)cc(Br)cc1F. The number of halogens is 5. The summed E-state index contributed by atoms with van der Waals surface area (Å²) in [5.41, 5.74) is 0.577. The maximum Gasteiger partial charge on any atom is 0.132 e. The first-order valence-electron chi connectivity index (χ1n) is 6.18. The third-order valence-electron chi connectivity index (χ3n) is 3.17. The third kappa shape index (κ3) is 3.87. The molecule has 1 atom stereocenters. The standard InChI is InChI=1S/C15H12Br2F3N/c1-21-14(5-8-4-10(18)2-3-11(8)17)15-12(19)6-9(16)7-13(15)20/h2-4,6-7,14,21H,5H2,1H3. The van der Waals surface area contributed by atoms with Crippen LogP contribution in [0.5, 0.6) is 0 Å². The number of likely N-dealkylation sites (N-methyl/N-ethyl adjacent to an activating group) is 1. The molecule has 0 aliphatic carbocycles. The van der Waals surface area contributed by atoms with Gasteiger partial charge in [0, 0.05) is 20.6 Å². The Morgan fingerprint density at radius 3 is 2.24 bits per heavy atom. The van der Waals surface area contributed by atoms with E-state index in [9.17, 15) is 13.2 Å². The molecule has 2 aromatic rings. The molecule has 1 N–H and O–H groups in total. The number of hydrogen-bond donors (Lipinski definition) is 1. The van der Waals surface area contributed by atoms with Crippen LogP contribution in [-0.2, 0) is 6.42 Å². The molecule has 0 bridgehead atoms. The highest BCUT2D eigenvalue weighted by Crippen LogP contribution is 2.29. The quantitative estimate of drug-likeness (QED) is 0.719. The van der Waals surface area contributed by atoms with E-state index < -0.39 is 17.7 Å². The molecule has 2 aromatic carbocycles. The molecule has 0 heterocycles. The highest BCUT2D eigenvalue weighted by Gasteiger charge is 2.21. The van der Waals surface area contributed by atoms with Crippen molar-refractivity contribution in [2.75, 3.05) is 7.05 Å².